The van der Waals surface area contributed by atoms with E-state index < -0.39 is 22.6 Å². The third-order valence-electron chi connectivity index (χ3n) is 3.52. The van der Waals surface area contributed by atoms with Crippen LogP contribution >= 0.6 is 11.6 Å². The molecule has 1 N–H and O–H groups in total. The summed E-state index contributed by atoms with van der Waals surface area (Å²) in [6, 6.07) is 12.0. The summed E-state index contributed by atoms with van der Waals surface area (Å²) in [6.07, 6.45) is -0.206. The van der Waals surface area contributed by atoms with Crippen LogP contribution in [0.3, 0.4) is 0 Å². The van der Waals surface area contributed by atoms with E-state index in [2.05, 4.69) is 4.72 Å². The lowest BCUT2D eigenvalue weighted by Crippen LogP contribution is -2.27. The number of methoxy groups -OCH3 is 1. The van der Waals surface area contributed by atoms with Crippen molar-refractivity contribution >= 4 is 33.4 Å². The van der Waals surface area contributed by atoms with Crippen LogP contribution in [0.2, 0.25) is 5.02 Å². The van der Waals surface area contributed by atoms with Crippen LogP contribution in [-0.4, -0.2) is 40.4 Å². The van der Waals surface area contributed by atoms with Crippen LogP contribution in [0.15, 0.2) is 53.4 Å². The number of nitrogens with one attached hydrogen (secondary N) is 1. The fourth-order valence-electron chi connectivity index (χ4n) is 2.06. The third kappa shape index (κ3) is 6.35. The molecule has 0 aliphatic heterocycles. The van der Waals surface area contributed by atoms with E-state index in [9.17, 15) is 18.0 Å². The van der Waals surface area contributed by atoms with Gasteiger partial charge in [-0.05, 0) is 48.5 Å². The number of ether oxygens (including phenoxy) is 2. The molecule has 9 heteroatoms. The number of Topliss-reactive ketones (excluding diaryl/α,β-unsaturated/α-hetero) is 1. The minimum atomic E-state index is -3.75. The molecule has 2 aromatic rings. The molecule has 2 aromatic carbocycles. The normalized spacial score (nSPS) is 11.0. The Morgan fingerprint density at radius 1 is 1.04 bits per heavy atom. The molecule has 0 radical (unpaired) electrons. The number of benzene rings is 2. The minimum Gasteiger partial charge on any atom is -0.497 e. The SMILES string of the molecule is COc1ccc(C(=O)COC(=O)CCNS(=O)(=O)c2ccc(Cl)cc2)cc1. The van der Waals surface area contributed by atoms with Gasteiger partial charge < -0.3 is 9.47 Å². The van der Waals surface area contributed by atoms with Gasteiger partial charge in [-0.1, -0.05) is 11.6 Å². The number of carbonyl (C=O) groups is 2. The van der Waals surface area contributed by atoms with Gasteiger partial charge in [0.15, 0.2) is 12.4 Å². The molecule has 27 heavy (non-hydrogen) atoms. The molecule has 0 unspecified atom stereocenters. The van der Waals surface area contributed by atoms with Gasteiger partial charge in [0.05, 0.1) is 18.4 Å². The fourth-order valence-corrected chi connectivity index (χ4v) is 3.22. The maximum Gasteiger partial charge on any atom is 0.307 e. The molecular weight excluding hydrogens is 394 g/mol. The predicted octanol–water partition coefficient (Wildman–Crippen LogP) is 2.44. The van der Waals surface area contributed by atoms with Gasteiger partial charge in [-0.15, -0.1) is 0 Å². The van der Waals surface area contributed by atoms with Gasteiger partial charge in [0.25, 0.3) is 0 Å². The van der Waals surface area contributed by atoms with E-state index in [0.717, 1.165) is 0 Å². The number of ketones is 1. The van der Waals surface area contributed by atoms with Gasteiger partial charge in [-0.2, -0.15) is 0 Å². The summed E-state index contributed by atoms with van der Waals surface area (Å²) in [6.45, 7) is -0.574. The summed E-state index contributed by atoms with van der Waals surface area (Å²) in [7, 11) is -2.24. The Bertz CT molecular complexity index is 894. The Morgan fingerprint density at radius 3 is 2.26 bits per heavy atom. The van der Waals surface area contributed by atoms with Gasteiger partial charge in [0.2, 0.25) is 10.0 Å². The van der Waals surface area contributed by atoms with Crippen LogP contribution < -0.4 is 9.46 Å². The molecule has 0 spiro atoms. The van der Waals surface area contributed by atoms with Gasteiger partial charge in [0, 0.05) is 17.1 Å². The summed E-state index contributed by atoms with van der Waals surface area (Å²) >= 11 is 5.72. The maximum absolute atomic E-state index is 12.1. The third-order valence-corrected chi connectivity index (χ3v) is 5.25. The zero-order valence-electron chi connectivity index (χ0n) is 14.5. The highest BCUT2D eigenvalue weighted by molar-refractivity contribution is 7.89. The lowest BCUT2D eigenvalue weighted by molar-refractivity contribution is -0.142. The van der Waals surface area contributed by atoms with E-state index in [1.54, 1.807) is 24.3 Å². The van der Waals surface area contributed by atoms with Crippen molar-refractivity contribution in [1.82, 2.24) is 4.72 Å². The average Bonchev–Trinajstić information content (AvgIpc) is 2.66. The van der Waals surface area contributed by atoms with Crippen LogP contribution in [0.1, 0.15) is 16.8 Å². The second-order valence-electron chi connectivity index (χ2n) is 5.41. The summed E-state index contributed by atoms with van der Waals surface area (Å²) in [5.74, 6) is -0.445. The van der Waals surface area contributed by atoms with Gasteiger partial charge >= 0.3 is 5.97 Å². The van der Waals surface area contributed by atoms with Crippen LogP contribution in [0, 0.1) is 0 Å². The van der Waals surface area contributed by atoms with Crippen molar-refractivity contribution in [2.24, 2.45) is 0 Å². The molecule has 0 saturated heterocycles. The lowest BCUT2D eigenvalue weighted by Gasteiger charge is -2.07. The number of sulfonamides is 1. The van der Waals surface area contributed by atoms with E-state index in [1.165, 1.54) is 31.4 Å². The number of carbonyl (C=O) groups excluding carboxylic acids is 2. The number of hydrogen-bond donors (Lipinski definition) is 1. The molecule has 0 aliphatic rings. The quantitative estimate of drug-likeness (QED) is 0.502. The molecule has 0 aliphatic carbocycles. The standard InChI is InChI=1S/C18H18ClNO6S/c1-25-15-6-2-13(3-7-15)17(21)12-26-18(22)10-11-20-27(23,24)16-8-4-14(19)5-9-16/h2-9,20H,10-12H2,1H3. The van der Waals surface area contributed by atoms with E-state index >= 15 is 0 Å². The Kier molecular flexibility index (Phi) is 7.35. The highest BCUT2D eigenvalue weighted by Gasteiger charge is 2.15. The summed E-state index contributed by atoms with van der Waals surface area (Å²) in [5, 5.41) is 0.416. The van der Waals surface area contributed by atoms with Crippen molar-refractivity contribution in [1.29, 1.82) is 0 Å². The second kappa shape index (κ2) is 9.50. The predicted molar refractivity (Wildman–Crippen MR) is 99.5 cm³/mol. The molecule has 0 amide bonds. The molecule has 0 aromatic heterocycles. The molecule has 0 saturated carbocycles. The number of rotatable bonds is 9. The fraction of sp³-hybridized carbons (Fsp3) is 0.222. The zero-order chi connectivity index (χ0) is 19.9. The van der Waals surface area contributed by atoms with Gasteiger partial charge in [0.1, 0.15) is 5.75 Å². The van der Waals surface area contributed by atoms with Crippen molar-refractivity contribution in [2.45, 2.75) is 11.3 Å². The largest absolute Gasteiger partial charge is 0.497 e. The van der Waals surface area contributed by atoms with E-state index in [4.69, 9.17) is 21.1 Å². The molecule has 0 atom stereocenters. The van der Waals surface area contributed by atoms with Gasteiger partial charge in [-0.3, -0.25) is 9.59 Å². The lowest BCUT2D eigenvalue weighted by atomic mass is 10.1. The molecule has 0 heterocycles. The van der Waals surface area contributed by atoms with Crippen LogP contribution in [0.25, 0.3) is 0 Å². The number of hydrogen-bond acceptors (Lipinski definition) is 6. The first-order valence-corrected chi connectivity index (χ1v) is 9.76. The molecule has 0 bridgehead atoms. The Labute approximate surface area is 162 Å². The Balaban J connectivity index is 1.77. The summed E-state index contributed by atoms with van der Waals surface area (Å²) in [4.78, 5) is 23.7. The highest BCUT2D eigenvalue weighted by Crippen LogP contribution is 2.14. The van der Waals surface area contributed by atoms with E-state index in [0.29, 0.717) is 16.3 Å². The minimum absolute atomic E-state index is 0.0370. The topological polar surface area (TPSA) is 98.8 Å². The second-order valence-corrected chi connectivity index (χ2v) is 7.62. The molecular formula is C18H18ClNO6S. The van der Waals surface area contributed by atoms with Crippen LogP contribution in [0.4, 0.5) is 0 Å². The van der Waals surface area contributed by atoms with Gasteiger partial charge in [-0.25, -0.2) is 13.1 Å². The smallest absolute Gasteiger partial charge is 0.307 e. The molecule has 7 nitrogen and oxygen atoms in total. The van der Waals surface area contributed by atoms with Crippen molar-refractivity contribution in [2.75, 3.05) is 20.3 Å². The van der Waals surface area contributed by atoms with Crippen LogP contribution in [-0.2, 0) is 19.6 Å². The number of halogens is 1. The van der Waals surface area contributed by atoms with Crippen molar-refractivity contribution in [3.63, 3.8) is 0 Å². The van der Waals surface area contributed by atoms with E-state index in [1.807, 2.05) is 0 Å². The van der Waals surface area contributed by atoms with Crippen molar-refractivity contribution < 1.29 is 27.5 Å². The molecule has 144 valence electrons. The zero-order valence-corrected chi connectivity index (χ0v) is 16.0. The first kappa shape index (κ1) is 20.9. The molecule has 2 rings (SSSR count). The average molecular weight is 412 g/mol. The first-order chi connectivity index (χ1) is 12.8. The van der Waals surface area contributed by atoms with Crippen LogP contribution in [0.5, 0.6) is 5.75 Å². The number of esters is 1. The highest BCUT2D eigenvalue weighted by atomic mass is 35.5. The Morgan fingerprint density at radius 2 is 1.67 bits per heavy atom. The monoisotopic (exact) mass is 411 g/mol. The summed E-state index contributed by atoms with van der Waals surface area (Å²) < 4.78 is 36.3. The first-order valence-electron chi connectivity index (χ1n) is 7.90. The maximum atomic E-state index is 12.1. The molecule has 0 fully saturated rings. The summed E-state index contributed by atoms with van der Waals surface area (Å²) in [5.41, 5.74) is 0.382. The van der Waals surface area contributed by atoms with Crippen molar-refractivity contribution in [3.05, 3.63) is 59.1 Å². The van der Waals surface area contributed by atoms with Crippen molar-refractivity contribution in [3.8, 4) is 5.75 Å². The van der Waals surface area contributed by atoms with E-state index in [-0.39, 0.29) is 23.6 Å². The Hall–Kier alpha value is -2.42.